The molecule has 42 heavy (non-hydrogen) atoms. The predicted molar refractivity (Wildman–Crippen MR) is 156 cm³/mol. The van der Waals surface area contributed by atoms with Crippen LogP contribution in [0.4, 0.5) is 14.5 Å². The third kappa shape index (κ3) is 5.32. The summed E-state index contributed by atoms with van der Waals surface area (Å²) < 4.78 is 32.5. The zero-order chi connectivity index (χ0) is 29.2. The van der Waals surface area contributed by atoms with Crippen LogP contribution in [-0.2, 0) is 11.3 Å². The number of nitrogens with zero attached hydrogens (tertiary/aromatic N) is 3. The fourth-order valence-electron chi connectivity index (χ4n) is 6.03. The van der Waals surface area contributed by atoms with Gasteiger partial charge in [-0.05, 0) is 71.3 Å². The number of carbonyl (C=O) groups is 2. The summed E-state index contributed by atoms with van der Waals surface area (Å²) in [7, 11) is 1.59. The largest absolute Gasteiger partial charge is 0.497 e. The van der Waals surface area contributed by atoms with Crippen molar-refractivity contribution in [2.45, 2.75) is 18.5 Å². The number of rotatable bonds is 6. The van der Waals surface area contributed by atoms with Crippen molar-refractivity contribution in [3.8, 4) is 5.75 Å². The van der Waals surface area contributed by atoms with Crippen LogP contribution in [0, 0.1) is 11.6 Å². The molecule has 8 heteroatoms. The number of fused-ring (bicyclic) bond motifs is 1. The van der Waals surface area contributed by atoms with E-state index in [-0.39, 0.29) is 30.0 Å². The molecule has 0 radical (unpaired) electrons. The van der Waals surface area contributed by atoms with Gasteiger partial charge in [-0.15, -0.1) is 0 Å². The maximum absolute atomic E-state index is 14.5. The first-order valence-electron chi connectivity index (χ1n) is 14.0. The first-order valence-corrected chi connectivity index (χ1v) is 14.0. The predicted octanol–water partition coefficient (Wildman–Crippen LogP) is 5.80. The average Bonchev–Trinajstić information content (AvgIpc) is 3.03. The molecular formula is C34H31F2N3O3. The highest BCUT2D eigenvalue weighted by atomic mass is 19.1. The molecule has 4 aromatic rings. The van der Waals surface area contributed by atoms with Crippen LogP contribution < -0.4 is 9.64 Å². The van der Waals surface area contributed by atoms with E-state index in [0.29, 0.717) is 43.1 Å². The minimum absolute atomic E-state index is 0.0568. The Balaban J connectivity index is 1.37. The third-order valence-electron chi connectivity index (χ3n) is 8.21. The van der Waals surface area contributed by atoms with E-state index in [1.54, 1.807) is 42.3 Å². The van der Waals surface area contributed by atoms with Crippen LogP contribution in [0.15, 0.2) is 97.1 Å². The van der Waals surface area contributed by atoms with E-state index in [1.165, 1.54) is 24.3 Å². The van der Waals surface area contributed by atoms with Gasteiger partial charge in [0, 0.05) is 44.0 Å². The van der Waals surface area contributed by atoms with Gasteiger partial charge >= 0.3 is 0 Å². The normalized spacial score (nSPS) is 18.5. The lowest BCUT2D eigenvalue weighted by molar-refractivity contribution is -0.135. The monoisotopic (exact) mass is 567 g/mol. The molecule has 0 bridgehead atoms. The molecule has 0 unspecified atom stereocenters. The lowest BCUT2D eigenvalue weighted by atomic mass is 9.78. The molecule has 2 aliphatic rings. The number of hydrogen-bond donors (Lipinski definition) is 0. The van der Waals surface area contributed by atoms with Gasteiger partial charge in [0.25, 0.3) is 5.91 Å². The zero-order valence-electron chi connectivity index (χ0n) is 23.3. The van der Waals surface area contributed by atoms with Crippen molar-refractivity contribution in [1.82, 2.24) is 9.80 Å². The second-order valence-corrected chi connectivity index (χ2v) is 10.6. The molecule has 0 saturated carbocycles. The fourth-order valence-corrected chi connectivity index (χ4v) is 6.03. The van der Waals surface area contributed by atoms with Gasteiger partial charge < -0.3 is 19.4 Å². The van der Waals surface area contributed by atoms with Crippen molar-refractivity contribution in [2.24, 2.45) is 0 Å². The van der Waals surface area contributed by atoms with Crippen molar-refractivity contribution in [3.05, 3.63) is 131 Å². The minimum atomic E-state index is -0.648. The number of amides is 2. The zero-order valence-corrected chi connectivity index (χ0v) is 23.3. The van der Waals surface area contributed by atoms with Gasteiger partial charge in [-0.1, -0.05) is 42.5 Å². The summed E-state index contributed by atoms with van der Waals surface area (Å²) in [6.07, 6.45) is 0. The van der Waals surface area contributed by atoms with E-state index in [2.05, 4.69) is 4.90 Å². The Labute approximate surface area is 243 Å². The van der Waals surface area contributed by atoms with Crippen molar-refractivity contribution in [2.75, 3.05) is 38.2 Å². The third-order valence-corrected chi connectivity index (χ3v) is 8.21. The molecule has 2 atom stereocenters. The summed E-state index contributed by atoms with van der Waals surface area (Å²) in [4.78, 5) is 34.3. The van der Waals surface area contributed by atoms with Gasteiger partial charge in [-0.2, -0.15) is 0 Å². The van der Waals surface area contributed by atoms with Gasteiger partial charge in [0.2, 0.25) is 5.91 Å². The molecule has 0 aliphatic carbocycles. The molecule has 1 fully saturated rings. The molecule has 6 rings (SSSR count). The van der Waals surface area contributed by atoms with Crippen LogP contribution in [0.2, 0.25) is 0 Å². The van der Waals surface area contributed by atoms with Gasteiger partial charge in [-0.25, -0.2) is 8.78 Å². The lowest BCUT2D eigenvalue weighted by Gasteiger charge is -2.45. The van der Waals surface area contributed by atoms with E-state index < -0.39 is 12.0 Å². The molecule has 214 valence electrons. The van der Waals surface area contributed by atoms with E-state index in [9.17, 15) is 18.4 Å². The Morgan fingerprint density at radius 2 is 1.43 bits per heavy atom. The van der Waals surface area contributed by atoms with E-state index in [4.69, 9.17) is 4.74 Å². The number of hydrogen-bond acceptors (Lipinski definition) is 4. The van der Waals surface area contributed by atoms with Crippen LogP contribution in [0.1, 0.15) is 39.0 Å². The molecule has 4 aromatic carbocycles. The van der Waals surface area contributed by atoms with Crippen molar-refractivity contribution in [3.63, 3.8) is 0 Å². The number of benzene rings is 4. The quantitative estimate of drug-likeness (QED) is 0.296. The maximum Gasteiger partial charge on any atom is 0.255 e. The number of anilines is 1. The summed E-state index contributed by atoms with van der Waals surface area (Å²) >= 11 is 0. The standard InChI is InChI=1S/C34H31F2N3O3/c1-42-28-16-8-24(9-17-28)32-31(34(41)38-20-18-37(19-21-38)27-14-12-26(36)13-15-27)29-4-2-3-5-30(29)33(40)39(32)22-23-6-10-25(35)11-7-23/h2-17,31-32H,18-22H2,1H3/t31-,32-/m0/s1. The van der Waals surface area contributed by atoms with Crippen LogP contribution in [0.25, 0.3) is 0 Å². The molecule has 0 spiro atoms. The van der Waals surface area contributed by atoms with E-state index in [1.807, 2.05) is 47.4 Å². The number of piperazine rings is 1. The van der Waals surface area contributed by atoms with Crippen LogP contribution in [-0.4, -0.2) is 54.9 Å². The topological polar surface area (TPSA) is 53.1 Å². The number of carbonyl (C=O) groups excluding carboxylic acids is 2. The molecular weight excluding hydrogens is 536 g/mol. The second kappa shape index (κ2) is 11.6. The number of methoxy groups -OCH3 is 1. The highest BCUT2D eigenvalue weighted by Crippen LogP contribution is 2.45. The molecule has 6 nitrogen and oxygen atoms in total. The van der Waals surface area contributed by atoms with Gasteiger partial charge in [0.05, 0.1) is 19.1 Å². The summed E-state index contributed by atoms with van der Waals surface area (Å²) in [6, 6.07) is 26.7. The van der Waals surface area contributed by atoms with Crippen molar-refractivity contribution < 1.29 is 23.1 Å². The van der Waals surface area contributed by atoms with Crippen molar-refractivity contribution >= 4 is 17.5 Å². The lowest BCUT2D eigenvalue weighted by Crippen LogP contribution is -2.53. The fraction of sp³-hybridized carbons (Fsp3) is 0.235. The van der Waals surface area contributed by atoms with E-state index >= 15 is 0 Å². The Bertz CT molecular complexity index is 1570. The molecule has 1 saturated heterocycles. The smallest absolute Gasteiger partial charge is 0.255 e. The Morgan fingerprint density at radius 1 is 0.810 bits per heavy atom. The number of halogens is 2. The molecule has 2 aliphatic heterocycles. The SMILES string of the molecule is COc1ccc([C@H]2[C@@H](C(=O)N3CCN(c4ccc(F)cc4)CC3)c3ccccc3C(=O)N2Cc2ccc(F)cc2)cc1. The summed E-state index contributed by atoms with van der Waals surface area (Å²) in [6.45, 7) is 2.42. The van der Waals surface area contributed by atoms with E-state index in [0.717, 1.165) is 16.8 Å². The Hall–Kier alpha value is -4.72. The highest BCUT2D eigenvalue weighted by molar-refractivity contribution is 6.01. The Kier molecular flexibility index (Phi) is 7.61. The molecule has 0 aromatic heterocycles. The van der Waals surface area contributed by atoms with Crippen LogP contribution in [0.5, 0.6) is 5.75 Å². The van der Waals surface area contributed by atoms with Crippen LogP contribution in [0.3, 0.4) is 0 Å². The first-order chi connectivity index (χ1) is 20.4. The average molecular weight is 568 g/mol. The van der Waals surface area contributed by atoms with Crippen LogP contribution >= 0.6 is 0 Å². The van der Waals surface area contributed by atoms with Gasteiger partial charge in [0.1, 0.15) is 17.4 Å². The molecule has 0 N–H and O–H groups in total. The Morgan fingerprint density at radius 3 is 2.07 bits per heavy atom. The highest BCUT2D eigenvalue weighted by Gasteiger charge is 2.45. The van der Waals surface area contributed by atoms with Crippen molar-refractivity contribution in [1.29, 1.82) is 0 Å². The maximum atomic E-state index is 14.5. The van der Waals surface area contributed by atoms with Gasteiger partial charge in [0.15, 0.2) is 0 Å². The summed E-state index contributed by atoms with van der Waals surface area (Å²) in [5.74, 6) is -0.850. The second-order valence-electron chi connectivity index (χ2n) is 10.6. The summed E-state index contributed by atoms with van der Waals surface area (Å²) in [5.41, 5.74) is 3.68. The molecule has 2 amide bonds. The van der Waals surface area contributed by atoms with Gasteiger partial charge in [-0.3, -0.25) is 9.59 Å². The summed E-state index contributed by atoms with van der Waals surface area (Å²) in [5, 5.41) is 0. The first kappa shape index (κ1) is 27.4. The molecule has 2 heterocycles. The number of ether oxygens (including phenoxy) is 1. The minimum Gasteiger partial charge on any atom is -0.497 e.